The number of hydrogen-bond donors (Lipinski definition) is 1. The second-order valence-corrected chi connectivity index (χ2v) is 6.68. The van der Waals surface area contributed by atoms with E-state index in [9.17, 15) is 0 Å². The molecule has 0 unspecified atom stereocenters. The number of pyridine rings is 1. The SMILES string of the molecule is CCOc1cc(CNc2ccccn2)ccc1OCCOc1cccc(C)c1C. The molecule has 0 atom stereocenters. The Balaban J connectivity index is 1.56. The van der Waals surface area contributed by atoms with Gasteiger partial charge in [-0.15, -0.1) is 0 Å². The van der Waals surface area contributed by atoms with E-state index >= 15 is 0 Å². The smallest absolute Gasteiger partial charge is 0.161 e. The Morgan fingerprint density at radius 2 is 1.66 bits per heavy atom. The van der Waals surface area contributed by atoms with Crippen LogP contribution in [0.1, 0.15) is 23.6 Å². The lowest BCUT2D eigenvalue weighted by molar-refractivity contribution is 0.207. The van der Waals surface area contributed by atoms with Crippen molar-refractivity contribution in [1.29, 1.82) is 0 Å². The summed E-state index contributed by atoms with van der Waals surface area (Å²) in [7, 11) is 0. The Kier molecular flexibility index (Phi) is 7.34. The Labute approximate surface area is 172 Å². The van der Waals surface area contributed by atoms with Gasteiger partial charge in [-0.2, -0.15) is 0 Å². The minimum Gasteiger partial charge on any atom is -0.490 e. The maximum atomic E-state index is 5.92. The summed E-state index contributed by atoms with van der Waals surface area (Å²) in [5.41, 5.74) is 3.47. The number of anilines is 1. The molecule has 0 radical (unpaired) electrons. The minimum absolute atomic E-state index is 0.443. The van der Waals surface area contributed by atoms with E-state index in [0.717, 1.165) is 34.2 Å². The number of benzene rings is 2. The van der Waals surface area contributed by atoms with Crippen LogP contribution in [0.15, 0.2) is 60.8 Å². The summed E-state index contributed by atoms with van der Waals surface area (Å²) in [5.74, 6) is 3.20. The van der Waals surface area contributed by atoms with E-state index in [2.05, 4.69) is 30.2 Å². The van der Waals surface area contributed by atoms with E-state index in [0.29, 0.717) is 26.4 Å². The summed E-state index contributed by atoms with van der Waals surface area (Å²) in [4.78, 5) is 4.28. The van der Waals surface area contributed by atoms with Crippen LogP contribution in [0, 0.1) is 13.8 Å². The number of nitrogens with zero attached hydrogens (tertiary/aromatic N) is 1. The standard InChI is InChI=1S/C24H28N2O3/c1-4-27-23-16-20(17-26-24-10-5-6-13-25-24)11-12-22(23)29-15-14-28-21-9-7-8-18(2)19(21)3/h5-13,16H,4,14-15,17H2,1-3H3,(H,25,26). The number of ether oxygens (including phenoxy) is 3. The predicted octanol–water partition coefficient (Wildman–Crippen LogP) is 5.17. The van der Waals surface area contributed by atoms with Crippen LogP contribution < -0.4 is 19.5 Å². The summed E-state index contributed by atoms with van der Waals surface area (Å²) >= 11 is 0. The van der Waals surface area contributed by atoms with Crippen molar-refractivity contribution < 1.29 is 14.2 Å². The zero-order chi connectivity index (χ0) is 20.5. The van der Waals surface area contributed by atoms with Gasteiger partial charge >= 0.3 is 0 Å². The van der Waals surface area contributed by atoms with Gasteiger partial charge in [-0.25, -0.2) is 4.98 Å². The first-order valence-electron chi connectivity index (χ1n) is 9.90. The van der Waals surface area contributed by atoms with Crippen molar-refractivity contribution in [1.82, 2.24) is 4.98 Å². The van der Waals surface area contributed by atoms with Crippen molar-refractivity contribution in [3.8, 4) is 17.2 Å². The molecule has 0 aliphatic heterocycles. The lowest BCUT2D eigenvalue weighted by Gasteiger charge is -2.15. The third-order valence-electron chi connectivity index (χ3n) is 4.60. The van der Waals surface area contributed by atoms with Crippen molar-refractivity contribution in [2.45, 2.75) is 27.3 Å². The molecule has 1 aromatic heterocycles. The summed E-state index contributed by atoms with van der Waals surface area (Å²) in [6.45, 7) is 8.26. The third kappa shape index (κ3) is 5.88. The highest BCUT2D eigenvalue weighted by Gasteiger charge is 2.08. The number of nitrogens with one attached hydrogen (secondary N) is 1. The van der Waals surface area contributed by atoms with E-state index in [1.807, 2.05) is 55.5 Å². The average Bonchev–Trinajstić information content (AvgIpc) is 2.74. The molecule has 0 amide bonds. The van der Waals surface area contributed by atoms with Crippen molar-refractivity contribution in [2.75, 3.05) is 25.1 Å². The van der Waals surface area contributed by atoms with Crippen LogP contribution in [0.25, 0.3) is 0 Å². The molecule has 29 heavy (non-hydrogen) atoms. The molecule has 3 aromatic rings. The summed E-state index contributed by atoms with van der Waals surface area (Å²) < 4.78 is 17.6. The fourth-order valence-corrected chi connectivity index (χ4v) is 2.89. The van der Waals surface area contributed by atoms with E-state index in [-0.39, 0.29) is 0 Å². The maximum Gasteiger partial charge on any atom is 0.161 e. The first-order valence-corrected chi connectivity index (χ1v) is 9.90. The first kappa shape index (κ1) is 20.5. The molecule has 0 aliphatic carbocycles. The van der Waals surface area contributed by atoms with Gasteiger partial charge in [0.1, 0.15) is 24.8 Å². The molecule has 1 heterocycles. The van der Waals surface area contributed by atoms with Gasteiger partial charge in [0, 0.05) is 12.7 Å². The summed E-state index contributed by atoms with van der Waals surface area (Å²) in [6.07, 6.45) is 1.77. The predicted molar refractivity (Wildman–Crippen MR) is 116 cm³/mol. The lowest BCUT2D eigenvalue weighted by Crippen LogP contribution is -2.11. The van der Waals surface area contributed by atoms with Gasteiger partial charge in [0.2, 0.25) is 0 Å². The number of aromatic nitrogens is 1. The highest BCUT2D eigenvalue weighted by Crippen LogP contribution is 2.29. The van der Waals surface area contributed by atoms with Crippen molar-refractivity contribution in [3.63, 3.8) is 0 Å². The Morgan fingerprint density at radius 3 is 2.41 bits per heavy atom. The maximum absolute atomic E-state index is 5.92. The number of hydrogen-bond acceptors (Lipinski definition) is 5. The molecule has 5 nitrogen and oxygen atoms in total. The van der Waals surface area contributed by atoms with E-state index in [4.69, 9.17) is 14.2 Å². The topological polar surface area (TPSA) is 52.6 Å². The zero-order valence-electron chi connectivity index (χ0n) is 17.3. The molecule has 5 heteroatoms. The molecular weight excluding hydrogens is 364 g/mol. The van der Waals surface area contributed by atoms with Gasteiger partial charge in [-0.1, -0.05) is 24.3 Å². The molecule has 0 spiro atoms. The summed E-state index contributed by atoms with van der Waals surface area (Å²) in [6, 6.07) is 17.8. The highest BCUT2D eigenvalue weighted by atomic mass is 16.5. The summed E-state index contributed by atoms with van der Waals surface area (Å²) in [5, 5.41) is 3.30. The normalized spacial score (nSPS) is 10.4. The molecule has 0 saturated carbocycles. The molecule has 152 valence electrons. The fraction of sp³-hybridized carbons (Fsp3) is 0.292. The highest BCUT2D eigenvalue weighted by molar-refractivity contribution is 5.44. The Hall–Kier alpha value is -3.21. The largest absolute Gasteiger partial charge is 0.490 e. The lowest BCUT2D eigenvalue weighted by atomic mass is 10.1. The van der Waals surface area contributed by atoms with Gasteiger partial charge in [0.15, 0.2) is 11.5 Å². The number of aryl methyl sites for hydroxylation is 1. The van der Waals surface area contributed by atoms with Gasteiger partial charge in [0.05, 0.1) is 6.61 Å². The van der Waals surface area contributed by atoms with E-state index < -0.39 is 0 Å². The van der Waals surface area contributed by atoms with Crippen LogP contribution in [-0.4, -0.2) is 24.8 Å². The number of rotatable bonds is 10. The average molecular weight is 392 g/mol. The minimum atomic E-state index is 0.443. The molecule has 0 saturated heterocycles. The fourth-order valence-electron chi connectivity index (χ4n) is 2.89. The van der Waals surface area contributed by atoms with Gasteiger partial charge < -0.3 is 19.5 Å². The molecule has 0 fully saturated rings. The van der Waals surface area contributed by atoms with E-state index in [1.54, 1.807) is 6.20 Å². The van der Waals surface area contributed by atoms with Gasteiger partial charge in [0.25, 0.3) is 0 Å². The third-order valence-corrected chi connectivity index (χ3v) is 4.60. The van der Waals surface area contributed by atoms with Crippen LogP contribution >= 0.6 is 0 Å². The van der Waals surface area contributed by atoms with Crippen molar-refractivity contribution in [2.24, 2.45) is 0 Å². The monoisotopic (exact) mass is 392 g/mol. The van der Waals surface area contributed by atoms with Crippen LogP contribution in [0.3, 0.4) is 0 Å². The van der Waals surface area contributed by atoms with Gasteiger partial charge in [-0.05, 0) is 67.8 Å². The quantitative estimate of drug-likeness (QED) is 0.483. The van der Waals surface area contributed by atoms with Crippen molar-refractivity contribution >= 4 is 5.82 Å². The van der Waals surface area contributed by atoms with Crippen LogP contribution in [0.5, 0.6) is 17.2 Å². The van der Waals surface area contributed by atoms with Crippen LogP contribution in [0.4, 0.5) is 5.82 Å². The Morgan fingerprint density at radius 1 is 0.828 bits per heavy atom. The van der Waals surface area contributed by atoms with E-state index in [1.165, 1.54) is 5.56 Å². The molecule has 0 aliphatic rings. The first-order chi connectivity index (χ1) is 14.2. The second-order valence-electron chi connectivity index (χ2n) is 6.68. The molecule has 3 rings (SSSR count). The molecular formula is C24H28N2O3. The van der Waals surface area contributed by atoms with Gasteiger partial charge in [-0.3, -0.25) is 0 Å². The molecule has 1 N–H and O–H groups in total. The zero-order valence-corrected chi connectivity index (χ0v) is 17.3. The van der Waals surface area contributed by atoms with Crippen LogP contribution in [0.2, 0.25) is 0 Å². The van der Waals surface area contributed by atoms with Crippen LogP contribution in [-0.2, 0) is 6.54 Å². The second kappa shape index (κ2) is 10.4. The Bertz CT molecular complexity index is 913. The molecule has 2 aromatic carbocycles. The van der Waals surface area contributed by atoms with Crippen molar-refractivity contribution in [3.05, 3.63) is 77.5 Å². The molecule has 0 bridgehead atoms.